The molecule has 0 fully saturated rings. The number of hydrogen-bond donors (Lipinski definition) is 2. The van der Waals surface area contributed by atoms with Crippen molar-refractivity contribution in [2.75, 3.05) is 6.54 Å². The van der Waals surface area contributed by atoms with Gasteiger partial charge in [0.25, 0.3) is 0 Å². The van der Waals surface area contributed by atoms with E-state index in [1.54, 1.807) is 0 Å². The second kappa shape index (κ2) is 7.95. The zero-order valence-corrected chi connectivity index (χ0v) is 17.1. The lowest BCUT2D eigenvalue weighted by molar-refractivity contribution is -0.120. The minimum absolute atomic E-state index is 0.0185. The Kier molecular flexibility index (Phi) is 5.21. The van der Waals surface area contributed by atoms with Crippen LogP contribution in [0.1, 0.15) is 34.0 Å². The van der Waals surface area contributed by atoms with Gasteiger partial charge in [0, 0.05) is 47.9 Å². The van der Waals surface area contributed by atoms with Gasteiger partial charge in [-0.25, -0.2) is 0 Å². The first-order valence-electron chi connectivity index (χ1n) is 9.91. The first-order chi connectivity index (χ1) is 14.0. The number of nitrogens with zero attached hydrogens (tertiary/aromatic N) is 2. The van der Waals surface area contributed by atoms with E-state index in [2.05, 4.69) is 45.9 Å². The summed E-state index contributed by atoms with van der Waals surface area (Å²) in [5.74, 6) is 0.0948. The van der Waals surface area contributed by atoms with Gasteiger partial charge in [0.2, 0.25) is 5.91 Å². The van der Waals surface area contributed by atoms with Crippen LogP contribution < -0.4 is 5.32 Å². The third-order valence-electron chi connectivity index (χ3n) is 5.70. The molecule has 4 aromatic rings. The Balaban J connectivity index is 1.57. The van der Waals surface area contributed by atoms with Crippen molar-refractivity contribution in [3.05, 3.63) is 88.9 Å². The van der Waals surface area contributed by atoms with Gasteiger partial charge in [-0.15, -0.1) is 0 Å². The van der Waals surface area contributed by atoms with E-state index in [1.807, 2.05) is 55.9 Å². The quantitative estimate of drug-likeness (QED) is 0.526. The van der Waals surface area contributed by atoms with Gasteiger partial charge in [0.1, 0.15) is 0 Å². The normalized spacial score (nSPS) is 12.2. The van der Waals surface area contributed by atoms with Gasteiger partial charge in [-0.1, -0.05) is 48.5 Å². The SMILES string of the molecule is Cc1nn(C)c(C)c1CC(=O)NC[C@H](c1ccccc1)c1c[nH]c2ccccc12. The molecule has 2 heterocycles. The van der Waals surface area contributed by atoms with Crippen LogP contribution in [-0.2, 0) is 18.3 Å². The lowest BCUT2D eigenvalue weighted by atomic mass is 9.91. The maximum atomic E-state index is 12.7. The molecule has 0 bridgehead atoms. The number of carbonyl (C=O) groups is 1. The Morgan fingerprint density at radius 2 is 1.83 bits per heavy atom. The van der Waals surface area contributed by atoms with Gasteiger partial charge >= 0.3 is 0 Å². The predicted octanol–water partition coefficient (Wildman–Crippen LogP) is 4.01. The van der Waals surface area contributed by atoms with E-state index < -0.39 is 0 Å². The molecule has 29 heavy (non-hydrogen) atoms. The van der Waals surface area contributed by atoms with Gasteiger partial charge < -0.3 is 10.3 Å². The summed E-state index contributed by atoms with van der Waals surface area (Å²) in [5, 5.41) is 8.76. The molecular formula is C24H26N4O. The standard InChI is InChI=1S/C24H26N4O/c1-16-20(17(2)28(3)27-16)13-24(29)26-14-21(18-9-5-4-6-10-18)22-15-25-23-12-8-7-11-19(22)23/h4-12,15,21,25H,13-14H2,1-3H3,(H,26,29)/t21-/m1/s1. The molecule has 0 aliphatic heterocycles. The Bertz CT molecular complexity index is 1140. The number of nitrogens with one attached hydrogen (secondary N) is 2. The van der Waals surface area contributed by atoms with E-state index in [0.717, 1.165) is 22.5 Å². The second-order valence-electron chi connectivity index (χ2n) is 7.51. The number of amides is 1. The van der Waals surface area contributed by atoms with E-state index in [1.165, 1.54) is 16.5 Å². The van der Waals surface area contributed by atoms with Crippen molar-refractivity contribution in [2.24, 2.45) is 7.05 Å². The Hall–Kier alpha value is -3.34. The number of H-pyrrole nitrogens is 1. The molecule has 0 aliphatic rings. The molecule has 1 atom stereocenters. The number of aromatic amines is 1. The minimum atomic E-state index is 0.0185. The first-order valence-corrected chi connectivity index (χ1v) is 9.91. The van der Waals surface area contributed by atoms with E-state index in [-0.39, 0.29) is 11.8 Å². The summed E-state index contributed by atoms with van der Waals surface area (Å²) in [6, 6.07) is 18.6. The molecule has 5 heteroatoms. The molecule has 5 nitrogen and oxygen atoms in total. The average Bonchev–Trinajstić information content (AvgIpc) is 3.25. The average molecular weight is 386 g/mol. The number of carbonyl (C=O) groups excluding carboxylic acids is 1. The molecule has 0 unspecified atom stereocenters. The van der Waals surface area contributed by atoms with Crippen LogP contribution in [0.5, 0.6) is 0 Å². The summed E-state index contributed by atoms with van der Waals surface area (Å²) >= 11 is 0. The van der Waals surface area contributed by atoms with Crippen LogP contribution in [0.4, 0.5) is 0 Å². The largest absolute Gasteiger partial charge is 0.361 e. The van der Waals surface area contributed by atoms with Crippen LogP contribution in [0.3, 0.4) is 0 Å². The molecule has 4 rings (SSSR count). The van der Waals surface area contributed by atoms with E-state index in [4.69, 9.17) is 0 Å². The fourth-order valence-electron chi connectivity index (χ4n) is 3.99. The monoisotopic (exact) mass is 386 g/mol. The summed E-state index contributed by atoms with van der Waals surface area (Å²) in [6.07, 6.45) is 2.41. The van der Waals surface area contributed by atoms with Crippen LogP contribution >= 0.6 is 0 Å². The smallest absolute Gasteiger partial charge is 0.224 e. The second-order valence-corrected chi connectivity index (χ2v) is 7.51. The summed E-state index contributed by atoms with van der Waals surface area (Å²) in [4.78, 5) is 16.1. The molecule has 2 aromatic carbocycles. The molecule has 2 aromatic heterocycles. The summed E-state index contributed by atoms with van der Waals surface area (Å²) in [5.41, 5.74) is 6.45. The highest BCUT2D eigenvalue weighted by atomic mass is 16.1. The molecule has 0 aliphatic carbocycles. The topological polar surface area (TPSA) is 62.7 Å². The molecule has 0 saturated heterocycles. The fourth-order valence-corrected chi connectivity index (χ4v) is 3.99. The van der Waals surface area contributed by atoms with Crippen molar-refractivity contribution in [1.29, 1.82) is 0 Å². The number of benzene rings is 2. The van der Waals surface area contributed by atoms with Gasteiger partial charge in [0.15, 0.2) is 0 Å². The maximum Gasteiger partial charge on any atom is 0.224 e. The van der Waals surface area contributed by atoms with Crippen molar-refractivity contribution in [3.8, 4) is 0 Å². The first kappa shape index (κ1) is 19.0. The molecule has 1 amide bonds. The molecule has 148 valence electrons. The van der Waals surface area contributed by atoms with Gasteiger partial charge in [-0.2, -0.15) is 5.10 Å². The molecule has 0 radical (unpaired) electrons. The highest BCUT2D eigenvalue weighted by molar-refractivity contribution is 5.84. The summed E-state index contributed by atoms with van der Waals surface area (Å²) < 4.78 is 1.83. The van der Waals surface area contributed by atoms with Crippen molar-refractivity contribution in [2.45, 2.75) is 26.2 Å². The predicted molar refractivity (Wildman–Crippen MR) is 116 cm³/mol. The fraction of sp³-hybridized carbons (Fsp3) is 0.250. The molecular weight excluding hydrogens is 360 g/mol. The van der Waals surface area contributed by atoms with Crippen LogP contribution in [0.2, 0.25) is 0 Å². The Labute approximate surface area is 170 Å². The highest BCUT2D eigenvalue weighted by Crippen LogP contribution is 2.30. The van der Waals surface area contributed by atoms with Crippen molar-refractivity contribution >= 4 is 16.8 Å². The molecule has 0 saturated carbocycles. The van der Waals surface area contributed by atoms with E-state index in [9.17, 15) is 4.79 Å². The van der Waals surface area contributed by atoms with Crippen molar-refractivity contribution < 1.29 is 4.79 Å². The third kappa shape index (κ3) is 3.81. The number of aryl methyl sites for hydroxylation is 2. The van der Waals surface area contributed by atoms with Crippen molar-refractivity contribution in [3.63, 3.8) is 0 Å². The summed E-state index contributed by atoms with van der Waals surface area (Å²) in [6.45, 7) is 4.50. The highest BCUT2D eigenvalue weighted by Gasteiger charge is 2.20. The number of para-hydroxylation sites is 1. The number of fused-ring (bicyclic) bond motifs is 1. The third-order valence-corrected chi connectivity index (χ3v) is 5.70. The van der Waals surface area contributed by atoms with Crippen LogP contribution in [0.25, 0.3) is 10.9 Å². The van der Waals surface area contributed by atoms with E-state index >= 15 is 0 Å². The van der Waals surface area contributed by atoms with Crippen LogP contribution in [0, 0.1) is 13.8 Å². The zero-order chi connectivity index (χ0) is 20.4. The van der Waals surface area contributed by atoms with Crippen LogP contribution in [0.15, 0.2) is 60.8 Å². The number of rotatable bonds is 6. The zero-order valence-electron chi connectivity index (χ0n) is 17.1. The lowest BCUT2D eigenvalue weighted by Crippen LogP contribution is -2.30. The molecule has 2 N–H and O–H groups in total. The van der Waals surface area contributed by atoms with Gasteiger partial charge in [-0.05, 0) is 31.0 Å². The van der Waals surface area contributed by atoms with Gasteiger partial charge in [0.05, 0.1) is 12.1 Å². The van der Waals surface area contributed by atoms with Crippen molar-refractivity contribution in [1.82, 2.24) is 20.1 Å². The number of aromatic nitrogens is 3. The van der Waals surface area contributed by atoms with E-state index in [0.29, 0.717) is 13.0 Å². The molecule has 0 spiro atoms. The lowest BCUT2D eigenvalue weighted by Gasteiger charge is -2.18. The Morgan fingerprint density at radius 1 is 1.10 bits per heavy atom. The van der Waals surface area contributed by atoms with Crippen LogP contribution in [-0.4, -0.2) is 27.2 Å². The van der Waals surface area contributed by atoms with Gasteiger partial charge in [-0.3, -0.25) is 9.48 Å². The Morgan fingerprint density at radius 3 is 2.55 bits per heavy atom. The number of hydrogen-bond acceptors (Lipinski definition) is 2. The maximum absolute atomic E-state index is 12.7. The minimum Gasteiger partial charge on any atom is -0.361 e. The summed E-state index contributed by atoms with van der Waals surface area (Å²) in [7, 11) is 1.91.